The average molecular weight is 274 g/mol. The van der Waals surface area contributed by atoms with Crippen LogP contribution in [0.25, 0.3) is 0 Å². The highest BCUT2D eigenvalue weighted by Gasteiger charge is 2.13. The minimum Gasteiger partial charge on any atom is -0.313 e. The molecule has 0 saturated heterocycles. The Bertz CT molecular complexity index is 350. The molecule has 0 bridgehead atoms. The summed E-state index contributed by atoms with van der Waals surface area (Å²) in [7, 11) is 1.97. The molecule has 0 aliphatic rings. The number of benzene rings is 1. The molecule has 0 aliphatic heterocycles. The third kappa shape index (κ3) is 4.87. The molecule has 96 valence electrons. The Morgan fingerprint density at radius 2 is 1.88 bits per heavy atom. The molecule has 0 radical (unpaired) electrons. The van der Waals surface area contributed by atoms with Crippen LogP contribution in [0.1, 0.15) is 44.7 Å². The van der Waals surface area contributed by atoms with Gasteiger partial charge < -0.3 is 5.32 Å². The molecule has 1 nitrogen and oxygen atoms in total. The SMILES string of the molecule is CNC(CCCC(C)C)c1cc(Cl)ccc1Cl. The topological polar surface area (TPSA) is 12.0 Å². The molecule has 0 amide bonds. The van der Waals surface area contributed by atoms with Crippen molar-refractivity contribution in [2.75, 3.05) is 7.05 Å². The number of halogens is 2. The van der Waals surface area contributed by atoms with Crippen molar-refractivity contribution in [1.82, 2.24) is 5.32 Å². The molecule has 1 unspecified atom stereocenters. The minimum atomic E-state index is 0.292. The first-order valence-corrected chi connectivity index (χ1v) is 6.92. The summed E-state index contributed by atoms with van der Waals surface area (Å²) >= 11 is 12.2. The number of nitrogens with one attached hydrogen (secondary N) is 1. The lowest BCUT2D eigenvalue weighted by molar-refractivity contribution is 0.470. The van der Waals surface area contributed by atoms with Crippen LogP contribution in [0.5, 0.6) is 0 Å². The van der Waals surface area contributed by atoms with E-state index in [1.165, 1.54) is 12.8 Å². The zero-order valence-electron chi connectivity index (χ0n) is 10.8. The Kier molecular flexibility index (Phi) is 6.32. The van der Waals surface area contributed by atoms with Crippen molar-refractivity contribution in [3.8, 4) is 0 Å². The lowest BCUT2D eigenvalue weighted by atomic mass is 9.98. The Morgan fingerprint density at radius 3 is 2.47 bits per heavy atom. The number of hydrogen-bond donors (Lipinski definition) is 1. The summed E-state index contributed by atoms with van der Waals surface area (Å²) in [4.78, 5) is 0. The molecule has 1 N–H and O–H groups in total. The molecule has 0 fully saturated rings. The molecule has 1 rings (SSSR count). The molecule has 17 heavy (non-hydrogen) atoms. The fraction of sp³-hybridized carbons (Fsp3) is 0.571. The third-order valence-corrected chi connectivity index (χ3v) is 3.54. The Morgan fingerprint density at radius 1 is 1.18 bits per heavy atom. The van der Waals surface area contributed by atoms with Crippen LogP contribution in [-0.2, 0) is 0 Å². The summed E-state index contributed by atoms with van der Waals surface area (Å²) in [6.45, 7) is 4.50. The van der Waals surface area contributed by atoms with Crippen LogP contribution in [-0.4, -0.2) is 7.05 Å². The van der Waals surface area contributed by atoms with Gasteiger partial charge in [-0.25, -0.2) is 0 Å². The first kappa shape index (κ1) is 14.8. The van der Waals surface area contributed by atoms with E-state index in [0.29, 0.717) is 6.04 Å². The van der Waals surface area contributed by atoms with Gasteiger partial charge in [0.2, 0.25) is 0 Å². The quantitative estimate of drug-likeness (QED) is 0.762. The standard InChI is InChI=1S/C14H21Cl2N/c1-10(2)5-4-6-14(17-3)12-9-11(15)7-8-13(12)16/h7-10,14,17H,4-6H2,1-3H3. The van der Waals surface area contributed by atoms with Crippen LogP contribution in [0.3, 0.4) is 0 Å². The van der Waals surface area contributed by atoms with Crippen molar-refractivity contribution in [2.24, 2.45) is 5.92 Å². The van der Waals surface area contributed by atoms with E-state index in [9.17, 15) is 0 Å². The molecule has 0 aliphatic carbocycles. The van der Waals surface area contributed by atoms with E-state index in [1.54, 1.807) is 0 Å². The number of rotatable bonds is 6. The highest BCUT2D eigenvalue weighted by molar-refractivity contribution is 6.33. The number of hydrogen-bond acceptors (Lipinski definition) is 1. The summed E-state index contributed by atoms with van der Waals surface area (Å²) in [6.07, 6.45) is 3.54. The first-order valence-electron chi connectivity index (χ1n) is 6.16. The Labute approximate surface area is 115 Å². The molecule has 1 atom stereocenters. The zero-order valence-corrected chi connectivity index (χ0v) is 12.3. The van der Waals surface area contributed by atoms with Gasteiger partial charge in [0, 0.05) is 16.1 Å². The van der Waals surface area contributed by atoms with Crippen molar-refractivity contribution in [3.63, 3.8) is 0 Å². The van der Waals surface area contributed by atoms with Gasteiger partial charge in [0.15, 0.2) is 0 Å². The summed E-state index contributed by atoms with van der Waals surface area (Å²) < 4.78 is 0. The molecule has 3 heteroatoms. The van der Waals surface area contributed by atoms with Crippen LogP contribution in [0.2, 0.25) is 10.0 Å². The predicted molar refractivity (Wildman–Crippen MR) is 77.0 cm³/mol. The van der Waals surface area contributed by atoms with E-state index in [4.69, 9.17) is 23.2 Å². The maximum absolute atomic E-state index is 6.21. The Balaban J connectivity index is 2.68. The molecule has 1 aromatic rings. The second-order valence-corrected chi connectivity index (χ2v) is 5.68. The van der Waals surface area contributed by atoms with Gasteiger partial charge >= 0.3 is 0 Å². The van der Waals surface area contributed by atoms with Gasteiger partial charge in [0.1, 0.15) is 0 Å². The van der Waals surface area contributed by atoms with E-state index in [2.05, 4.69) is 19.2 Å². The summed E-state index contributed by atoms with van der Waals surface area (Å²) in [5.74, 6) is 0.752. The fourth-order valence-electron chi connectivity index (χ4n) is 1.97. The van der Waals surface area contributed by atoms with Crippen molar-refractivity contribution < 1.29 is 0 Å². The molecule has 0 spiro atoms. The van der Waals surface area contributed by atoms with Crippen molar-refractivity contribution in [2.45, 2.75) is 39.2 Å². The van der Waals surface area contributed by atoms with Crippen LogP contribution in [0.4, 0.5) is 0 Å². The van der Waals surface area contributed by atoms with Crippen LogP contribution in [0, 0.1) is 5.92 Å². The zero-order chi connectivity index (χ0) is 12.8. The maximum Gasteiger partial charge on any atom is 0.0454 e. The molecular weight excluding hydrogens is 253 g/mol. The largest absolute Gasteiger partial charge is 0.313 e. The molecule has 0 saturated carbocycles. The van der Waals surface area contributed by atoms with Gasteiger partial charge in [0.25, 0.3) is 0 Å². The maximum atomic E-state index is 6.21. The van der Waals surface area contributed by atoms with Gasteiger partial charge in [-0.3, -0.25) is 0 Å². The normalized spacial score (nSPS) is 13.1. The second-order valence-electron chi connectivity index (χ2n) is 4.83. The Hall–Kier alpha value is -0.240. The summed E-state index contributed by atoms with van der Waals surface area (Å²) in [6, 6.07) is 5.95. The van der Waals surface area contributed by atoms with Crippen molar-refractivity contribution in [3.05, 3.63) is 33.8 Å². The minimum absolute atomic E-state index is 0.292. The van der Waals surface area contributed by atoms with Crippen LogP contribution < -0.4 is 5.32 Å². The summed E-state index contributed by atoms with van der Waals surface area (Å²) in [5.41, 5.74) is 1.10. The van der Waals surface area contributed by atoms with E-state index in [-0.39, 0.29) is 0 Å². The van der Waals surface area contributed by atoms with Crippen molar-refractivity contribution in [1.29, 1.82) is 0 Å². The first-order chi connectivity index (χ1) is 8.04. The van der Waals surface area contributed by atoms with E-state index in [1.807, 2.05) is 25.2 Å². The van der Waals surface area contributed by atoms with Gasteiger partial charge in [-0.15, -0.1) is 0 Å². The average Bonchev–Trinajstić information content (AvgIpc) is 2.28. The van der Waals surface area contributed by atoms with Gasteiger partial charge in [-0.2, -0.15) is 0 Å². The highest BCUT2D eigenvalue weighted by atomic mass is 35.5. The molecule has 0 heterocycles. The lowest BCUT2D eigenvalue weighted by Gasteiger charge is -2.18. The van der Waals surface area contributed by atoms with Gasteiger partial charge in [-0.1, -0.05) is 49.9 Å². The highest BCUT2D eigenvalue weighted by Crippen LogP contribution is 2.29. The van der Waals surface area contributed by atoms with Crippen LogP contribution in [0.15, 0.2) is 18.2 Å². The molecular formula is C14H21Cl2N. The summed E-state index contributed by atoms with van der Waals surface area (Å²) in [5, 5.41) is 4.85. The third-order valence-electron chi connectivity index (χ3n) is 2.96. The second kappa shape index (κ2) is 7.25. The van der Waals surface area contributed by atoms with Gasteiger partial charge in [0.05, 0.1) is 0 Å². The lowest BCUT2D eigenvalue weighted by Crippen LogP contribution is -2.17. The fourth-order valence-corrected chi connectivity index (χ4v) is 2.40. The smallest absolute Gasteiger partial charge is 0.0454 e. The van der Waals surface area contributed by atoms with E-state index in [0.717, 1.165) is 27.9 Å². The molecule has 1 aromatic carbocycles. The van der Waals surface area contributed by atoms with E-state index < -0.39 is 0 Å². The van der Waals surface area contributed by atoms with Gasteiger partial charge in [-0.05, 0) is 43.1 Å². The monoisotopic (exact) mass is 273 g/mol. The van der Waals surface area contributed by atoms with Crippen LogP contribution >= 0.6 is 23.2 Å². The molecule has 0 aromatic heterocycles. The van der Waals surface area contributed by atoms with Crippen molar-refractivity contribution >= 4 is 23.2 Å². The predicted octanol–water partition coefficient (Wildman–Crippen LogP) is 5.08. The van der Waals surface area contributed by atoms with E-state index >= 15 is 0 Å².